The molecule has 1 atom stereocenters. The molecule has 0 radical (unpaired) electrons. The summed E-state index contributed by atoms with van der Waals surface area (Å²) in [6.45, 7) is 3.61. The van der Waals surface area contributed by atoms with Crippen LogP contribution in [0.25, 0.3) is 0 Å². The fourth-order valence-corrected chi connectivity index (χ4v) is 1.70. The van der Waals surface area contributed by atoms with Crippen molar-refractivity contribution >= 4 is 25.4 Å². The first-order valence-electron chi connectivity index (χ1n) is 4.10. The molecule has 5 heteroatoms. The van der Waals surface area contributed by atoms with Crippen LogP contribution in [0.2, 0.25) is 0 Å². The van der Waals surface area contributed by atoms with Gasteiger partial charge in [-0.3, -0.25) is 9.20 Å². The second-order valence-corrected chi connectivity index (χ2v) is 7.30. The molecule has 0 saturated carbocycles. The molecule has 1 rings (SSSR count). The van der Waals surface area contributed by atoms with Crippen molar-refractivity contribution in [3.8, 4) is 0 Å². The van der Waals surface area contributed by atoms with E-state index in [1.807, 2.05) is 13.0 Å². The van der Waals surface area contributed by atoms with Gasteiger partial charge < -0.3 is 5.32 Å². The molecule has 1 N–H and O–H groups in total. The van der Waals surface area contributed by atoms with Gasteiger partial charge in [0.1, 0.15) is 5.88 Å². The standard InChI is InChI=1S/C8H14N2OS2/c1-3-7-4-9-5-8(7)10-6-13(2,11)12/h3,9H,4-6H2,1-2H3/b7-3-,10-8-. The number of hydrogen-bond donors (Lipinski definition) is 1. The zero-order chi connectivity index (χ0) is 9.90. The maximum atomic E-state index is 11.2. The molecule has 74 valence electrons. The summed E-state index contributed by atoms with van der Waals surface area (Å²) in [6.07, 6.45) is 3.59. The minimum Gasteiger partial charge on any atom is -0.307 e. The van der Waals surface area contributed by atoms with Gasteiger partial charge in [-0.2, -0.15) is 0 Å². The van der Waals surface area contributed by atoms with Gasteiger partial charge in [0, 0.05) is 27.8 Å². The molecule has 1 unspecified atom stereocenters. The van der Waals surface area contributed by atoms with Gasteiger partial charge >= 0.3 is 0 Å². The third kappa shape index (κ3) is 3.54. The average Bonchev–Trinajstić information content (AvgIpc) is 2.46. The van der Waals surface area contributed by atoms with E-state index in [0.717, 1.165) is 18.8 Å². The number of nitrogens with zero attached hydrogens (tertiary/aromatic N) is 1. The van der Waals surface area contributed by atoms with E-state index in [4.69, 9.17) is 11.2 Å². The normalized spacial score (nSPS) is 28.2. The Kier molecular flexibility index (Phi) is 3.58. The van der Waals surface area contributed by atoms with Gasteiger partial charge in [0.2, 0.25) is 0 Å². The molecule has 13 heavy (non-hydrogen) atoms. The van der Waals surface area contributed by atoms with E-state index < -0.39 is 8.49 Å². The molecule has 0 aromatic heterocycles. The van der Waals surface area contributed by atoms with Crippen molar-refractivity contribution in [1.29, 1.82) is 0 Å². The molecule has 1 aliphatic heterocycles. The quantitative estimate of drug-likeness (QED) is 0.725. The molecule has 0 aliphatic carbocycles. The molecule has 0 spiro atoms. The van der Waals surface area contributed by atoms with Crippen LogP contribution in [0.5, 0.6) is 0 Å². The third-order valence-corrected chi connectivity index (χ3v) is 2.73. The van der Waals surface area contributed by atoms with Crippen molar-refractivity contribution in [3.63, 3.8) is 0 Å². The van der Waals surface area contributed by atoms with E-state index in [2.05, 4.69) is 10.3 Å². The molecule has 0 amide bonds. The second kappa shape index (κ2) is 4.30. The predicted octanol–water partition coefficient (Wildman–Crippen LogP) is 0.311. The smallest absolute Gasteiger partial charge is 0.116 e. The van der Waals surface area contributed by atoms with Crippen molar-refractivity contribution in [1.82, 2.24) is 5.32 Å². The lowest BCUT2D eigenvalue weighted by molar-refractivity contribution is 0.685. The largest absolute Gasteiger partial charge is 0.307 e. The van der Waals surface area contributed by atoms with Crippen LogP contribution in [0.15, 0.2) is 16.6 Å². The molecule has 1 saturated heterocycles. The van der Waals surface area contributed by atoms with Gasteiger partial charge in [-0.05, 0) is 23.7 Å². The Morgan fingerprint density at radius 2 is 2.38 bits per heavy atom. The number of aliphatic imine (C=N–C) groups is 1. The highest BCUT2D eigenvalue weighted by Gasteiger charge is 2.13. The van der Waals surface area contributed by atoms with Crippen molar-refractivity contribution in [2.75, 3.05) is 25.2 Å². The Morgan fingerprint density at radius 1 is 1.69 bits per heavy atom. The monoisotopic (exact) mass is 218 g/mol. The highest BCUT2D eigenvalue weighted by atomic mass is 32.8. The summed E-state index contributed by atoms with van der Waals surface area (Å²) in [5.41, 5.74) is 2.19. The van der Waals surface area contributed by atoms with Gasteiger partial charge in [0.25, 0.3) is 0 Å². The summed E-state index contributed by atoms with van der Waals surface area (Å²) >= 11 is 4.78. The molecular weight excluding hydrogens is 204 g/mol. The maximum absolute atomic E-state index is 11.2. The van der Waals surface area contributed by atoms with E-state index in [1.165, 1.54) is 5.57 Å². The summed E-state index contributed by atoms with van der Waals surface area (Å²) < 4.78 is 11.2. The van der Waals surface area contributed by atoms with Crippen LogP contribution >= 0.6 is 0 Å². The van der Waals surface area contributed by atoms with Crippen LogP contribution in [-0.2, 0) is 19.7 Å². The highest BCUT2D eigenvalue weighted by Crippen LogP contribution is 2.04. The SMILES string of the molecule is C/C=C1/CNC/C1=N/CS(C)(=O)=S. The van der Waals surface area contributed by atoms with Crippen LogP contribution in [-0.4, -0.2) is 35.1 Å². The topological polar surface area (TPSA) is 41.5 Å². The maximum Gasteiger partial charge on any atom is 0.116 e. The average molecular weight is 218 g/mol. The van der Waals surface area contributed by atoms with Crippen molar-refractivity contribution in [3.05, 3.63) is 11.6 Å². The Balaban J connectivity index is 2.72. The zero-order valence-electron chi connectivity index (χ0n) is 7.87. The van der Waals surface area contributed by atoms with Crippen LogP contribution in [0.4, 0.5) is 0 Å². The molecule has 1 fully saturated rings. The first-order valence-corrected chi connectivity index (χ1v) is 7.16. The number of rotatable bonds is 2. The van der Waals surface area contributed by atoms with E-state index in [-0.39, 0.29) is 5.88 Å². The van der Waals surface area contributed by atoms with E-state index >= 15 is 0 Å². The summed E-state index contributed by atoms with van der Waals surface area (Å²) in [5.74, 6) is 0.261. The van der Waals surface area contributed by atoms with Gasteiger partial charge in [0.05, 0.1) is 5.71 Å². The number of nitrogens with one attached hydrogen (secondary N) is 1. The Morgan fingerprint density at radius 3 is 2.92 bits per heavy atom. The lowest BCUT2D eigenvalue weighted by Crippen LogP contribution is -2.10. The van der Waals surface area contributed by atoms with Gasteiger partial charge in [-0.25, -0.2) is 0 Å². The lowest BCUT2D eigenvalue weighted by atomic mass is 10.2. The van der Waals surface area contributed by atoms with Crippen molar-refractivity contribution in [2.24, 2.45) is 4.99 Å². The van der Waals surface area contributed by atoms with Crippen LogP contribution in [0.1, 0.15) is 6.92 Å². The highest BCUT2D eigenvalue weighted by molar-refractivity contribution is 8.32. The zero-order valence-corrected chi connectivity index (χ0v) is 9.50. The van der Waals surface area contributed by atoms with Crippen molar-refractivity contribution < 1.29 is 4.21 Å². The predicted molar refractivity (Wildman–Crippen MR) is 60.4 cm³/mol. The van der Waals surface area contributed by atoms with E-state index in [0.29, 0.717) is 0 Å². The summed E-state index contributed by atoms with van der Waals surface area (Å²) in [4.78, 5) is 4.25. The molecule has 0 aromatic carbocycles. The van der Waals surface area contributed by atoms with E-state index in [1.54, 1.807) is 6.26 Å². The van der Waals surface area contributed by atoms with Crippen LogP contribution in [0.3, 0.4) is 0 Å². The summed E-state index contributed by atoms with van der Waals surface area (Å²) in [6, 6.07) is 0. The minimum absolute atomic E-state index is 0.261. The second-order valence-electron chi connectivity index (χ2n) is 3.08. The Hall–Kier alpha value is -0.260. The minimum atomic E-state index is -2.15. The van der Waals surface area contributed by atoms with Gasteiger partial charge in [-0.15, -0.1) is 0 Å². The fraction of sp³-hybridized carbons (Fsp3) is 0.625. The van der Waals surface area contributed by atoms with Gasteiger partial charge in [0.15, 0.2) is 0 Å². The molecule has 0 bridgehead atoms. The molecular formula is C8H14N2OS2. The molecule has 3 nitrogen and oxygen atoms in total. The Bertz CT molecular complexity index is 341. The summed E-state index contributed by atoms with van der Waals surface area (Å²) in [5, 5.41) is 3.18. The van der Waals surface area contributed by atoms with Gasteiger partial charge in [-0.1, -0.05) is 6.08 Å². The van der Waals surface area contributed by atoms with Crippen LogP contribution < -0.4 is 5.32 Å². The lowest BCUT2D eigenvalue weighted by Gasteiger charge is -1.98. The number of hydrogen-bond acceptors (Lipinski definition) is 4. The van der Waals surface area contributed by atoms with Crippen LogP contribution in [0, 0.1) is 0 Å². The number of allylic oxidation sites excluding steroid dienone is 1. The first-order chi connectivity index (χ1) is 6.03. The Labute approximate surface area is 84.0 Å². The fourth-order valence-electron chi connectivity index (χ4n) is 1.15. The first kappa shape index (κ1) is 10.8. The van der Waals surface area contributed by atoms with Crippen molar-refractivity contribution in [2.45, 2.75) is 6.92 Å². The van der Waals surface area contributed by atoms with E-state index in [9.17, 15) is 4.21 Å². The molecule has 1 heterocycles. The summed E-state index contributed by atoms with van der Waals surface area (Å²) in [7, 11) is -2.15. The third-order valence-electron chi connectivity index (χ3n) is 1.82. The molecule has 1 aliphatic rings. The molecule has 0 aromatic rings.